The van der Waals surface area contributed by atoms with Crippen molar-refractivity contribution in [1.82, 2.24) is 5.43 Å². The summed E-state index contributed by atoms with van der Waals surface area (Å²) in [5.41, 5.74) is 5.36. The van der Waals surface area contributed by atoms with Gasteiger partial charge in [-0.3, -0.25) is 9.59 Å². The molecule has 7 nitrogen and oxygen atoms in total. The van der Waals surface area contributed by atoms with E-state index in [2.05, 4.69) is 15.8 Å². The van der Waals surface area contributed by atoms with Gasteiger partial charge in [0.15, 0.2) is 11.5 Å². The summed E-state index contributed by atoms with van der Waals surface area (Å²) in [6.07, 6.45) is 1.27. The number of hydrazone groups is 1. The third kappa shape index (κ3) is 7.44. The van der Waals surface area contributed by atoms with Crippen molar-refractivity contribution >= 4 is 23.7 Å². The quantitative estimate of drug-likeness (QED) is 0.340. The van der Waals surface area contributed by atoms with Crippen LogP contribution >= 0.6 is 0 Å². The number of ether oxygens (including phenoxy) is 2. The number of hydrogen-bond donors (Lipinski definition) is 2. The summed E-state index contributed by atoms with van der Waals surface area (Å²) in [5.74, 6) is -0.315. The SMILES string of the molecule is COc1cc(C=NNC(=O)CCC(=O)Nc2ccccc2F)ccc1OCc1ccc(C)cc1. The van der Waals surface area contributed by atoms with E-state index in [1.165, 1.54) is 30.0 Å². The molecule has 0 saturated heterocycles. The molecule has 34 heavy (non-hydrogen) atoms. The number of methoxy groups -OCH3 is 1. The monoisotopic (exact) mass is 463 g/mol. The van der Waals surface area contributed by atoms with E-state index in [1.54, 1.807) is 31.4 Å². The molecule has 0 spiro atoms. The summed E-state index contributed by atoms with van der Waals surface area (Å²) in [5, 5.41) is 6.34. The van der Waals surface area contributed by atoms with Crippen LogP contribution in [0.25, 0.3) is 0 Å². The summed E-state index contributed by atoms with van der Waals surface area (Å²) in [4.78, 5) is 23.9. The van der Waals surface area contributed by atoms with Gasteiger partial charge in [0.05, 0.1) is 19.0 Å². The molecule has 0 fully saturated rings. The highest BCUT2D eigenvalue weighted by Gasteiger charge is 2.09. The van der Waals surface area contributed by atoms with Crippen molar-refractivity contribution < 1.29 is 23.5 Å². The molecule has 0 bridgehead atoms. The molecule has 176 valence electrons. The second kappa shape index (κ2) is 12.2. The maximum Gasteiger partial charge on any atom is 0.240 e. The molecule has 8 heteroatoms. The summed E-state index contributed by atoms with van der Waals surface area (Å²) >= 11 is 0. The molecule has 0 aliphatic rings. The van der Waals surface area contributed by atoms with Crippen LogP contribution in [-0.4, -0.2) is 25.1 Å². The Balaban J connectivity index is 1.46. The minimum absolute atomic E-state index is 0.0752. The Bertz CT molecular complexity index is 1160. The highest BCUT2D eigenvalue weighted by Crippen LogP contribution is 2.28. The molecule has 2 N–H and O–H groups in total. The first-order valence-corrected chi connectivity index (χ1v) is 10.7. The van der Waals surface area contributed by atoms with Gasteiger partial charge in [-0.25, -0.2) is 9.82 Å². The predicted molar refractivity (Wildman–Crippen MR) is 129 cm³/mol. The number of carbonyl (C=O) groups excluding carboxylic acids is 2. The van der Waals surface area contributed by atoms with E-state index in [-0.39, 0.29) is 18.5 Å². The molecular formula is C26H26FN3O4. The molecule has 3 rings (SSSR count). The van der Waals surface area contributed by atoms with Crippen LogP contribution in [0.2, 0.25) is 0 Å². The first-order chi connectivity index (χ1) is 16.4. The van der Waals surface area contributed by atoms with E-state index >= 15 is 0 Å². The zero-order valence-electron chi connectivity index (χ0n) is 19.0. The maximum absolute atomic E-state index is 13.6. The van der Waals surface area contributed by atoms with Crippen molar-refractivity contribution in [2.75, 3.05) is 12.4 Å². The minimum Gasteiger partial charge on any atom is -0.493 e. The van der Waals surface area contributed by atoms with Gasteiger partial charge < -0.3 is 14.8 Å². The summed E-state index contributed by atoms with van der Waals surface area (Å²) < 4.78 is 24.8. The molecule has 0 radical (unpaired) electrons. The van der Waals surface area contributed by atoms with E-state index in [0.717, 1.165) is 5.56 Å². The lowest BCUT2D eigenvalue weighted by atomic mass is 10.2. The number of para-hydroxylation sites is 1. The third-order valence-electron chi connectivity index (χ3n) is 4.83. The molecule has 3 aromatic carbocycles. The smallest absolute Gasteiger partial charge is 0.240 e. The van der Waals surface area contributed by atoms with Crippen LogP contribution in [-0.2, 0) is 16.2 Å². The van der Waals surface area contributed by atoms with Gasteiger partial charge in [0.25, 0.3) is 0 Å². The number of benzene rings is 3. The Hall–Kier alpha value is -4.20. The van der Waals surface area contributed by atoms with Crippen LogP contribution in [0.5, 0.6) is 11.5 Å². The number of carbonyl (C=O) groups is 2. The number of amides is 2. The predicted octanol–water partition coefficient (Wildman–Crippen LogP) is 4.59. The number of nitrogens with one attached hydrogen (secondary N) is 2. The molecule has 2 amide bonds. The lowest BCUT2D eigenvalue weighted by Crippen LogP contribution is -2.21. The lowest BCUT2D eigenvalue weighted by molar-refractivity contribution is -0.124. The summed E-state index contributed by atoms with van der Waals surface area (Å²) in [6.45, 7) is 2.44. The molecule has 0 unspecified atom stereocenters. The van der Waals surface area contributed by atoms with Gasteiger partial charge in [0, 0.05) is 12.8 Å². The van der Waals surface area contributed by atoms with Crippen molar-refractivity contribution in [3.05, 3.63) is 89.2 Å². The van der Waals surface area contributed by atoms with Crippen LogP contribution in [0.15, 0.2) is 71.8 Å². The first-order valence-electron chi connectivity index (χ1n) is 10.7. The largest absolute Gasteiger partial charge is 0.493 e. The van der Waals surface area contributed by atoms with Crippen LogP contribution < -0.4 is 20.2 Å². The number of aryl methyl sites for hydroxylation is 1. The highest BCUT2D eigenvalue weighted by molar-refractivity contribution is 5.93. The average molecular weight is 464 g/mol. The van der Waals surface area contributed by atoms with Crippen molar-refractivity contribution in [2.24, 2.45) is 5.10 Å². The van der Waals surface area contributed by atoms with Crippen LogP contribution in [0.1, 0.15) is 29.5 Å². The van der Waals surface area contributed by atoms with E-state index in [1.807, 2.05) is 31.2 Å². The van der Waals surface area contributed by atoms with Gasteiger partial charge in [0.2, 0.25) is 11.8 Å². The Morgan fingerprint density at radius 2 is 1.71 bits per heavy atom. The van der Waals surface area contributed by atoms with Gasteiger partial charge in [-0.2, -0.15) is 5.10 Å². The molecule has 3 aromatic rings. The fraction of sp³-hybridized carbons (Fsp3) is 0.192. The van der Waals surface area contributed by atoms with Gasteiger partial charge in [-0.05, 0) is 48.4 Å². The molecular weight excluding hydrogens is 437 g/mol. The normalized spacial score (nSPS) is 10.7. The van der Waals surface area contributed by atoms with Crippen LogP contribution in [0.4, 0.5) is 10.1 Å². The van der Waals surface area contributed by atoms with Crippen molar-refractivity contribution in [2.45, 2.75) is 26.4 Å². The van der Waals surface area contributed by atoms with Crippen molar-refractivity contribution in [1.29, 1.82) is 0 Å². The zero-order valence-corrected chi connectivity index (χ0v) is 19.0. The number of hydrogen-bond acceptors (Lipinski definition) is 5. The second-order valence-electron chi connectivity index (χ2n) is 7.51. The molecule has 0 heterocycles. The van der Waals surface area contributed by atoms with Gasteiger partial charge in [-0.1, -0.05) is 42.0 Å². The van der Waals surface area contributed by atoms with E-state index < -0.39 is 17.6 Å². The van der Waals surface area contributed by atoms with Crippen molar-refractivity contribution in [3.8, 4) is 11.5 Å². The standard InChI is InChI=1S/C26H26FN3O4/c1-18-7-9-19(10-8-18)17-34-23-12-11-20(15-24(23)33-2)16-28-30-26(32)14-13-25(31)29-22-6-4-3-5-21(22)27/h3-12,15-16H,13-14,17H2,1-2H3,(H,29,31)(H,30,32). The lowest BCUT2D eigenvalue weighted by Gasteiger charge is -2.11. The Kier molecular flexibility index (Phi) is 8.73. The number of anilines is 1. The van der Waals surface area contributed by atoms with Crippen LogP contribution in [0.3, 0.4) is 0 Å². The van der Waals surface area contributed by atoms with E-state index in [0.29, 0.717) is 23.7 Å². The number of nitrogens with zero attached hydrogens (tertiary/aromatic N) is 1. The number of rotatable bonds is 10. The Morgan fingerprint density at radius 1 is 0.971 bits per heavy atom. The van der Waals surface area contributed by atoms with E-state index in [4.69, 9.17) is 9.47 Å². The number of halogens is 1. The fourth-order valence-electron chi connectivity index (χ4n) is 2.97. The van der Waals surface area contributed by atoms with Gasteiger partial charge in [-0.15, -0.1) is 0 Å². The molecule has 0 aromatic heterocycles. The maximum atomic E-state index is 13.6. The molecule has 0 saturated carbocycles. The molecule has 0 aliphatic heterocycles. The topological polar surface area (TPSA) is 89.0 Å². The van der Waals surface area contributed by atoms with Crippen LogP contribution in [0, 0.1) is 12.7 Å². The van der Waals surface area contributed by atoms with Gasteiger partial charge >= 0.3 is 0 Å². The molecule has 0 aliphatic carbocycles. The zero-order chi connectivity index (χ0) is 24.3. The average Bonchev–Trinajstić information content (AvgIpc) is 2.84. The highest BCUT2D eigenvalue weighted by atomic mass is 19.1. The van der Waals surface area contributed by atoms with Gasteiger partial charge in [0.1, 0.15) is 12.4 Å². The minimum atomic E-state index is -0.535. The second-order valence-corrected chi connectivity index (χ2v) is 7.51. The fourth-order valence-corrected chi connectivity index (χ4v) is 2.97. The van der Waals surface area contributed by atoms with Crippen molar-refractivity contribution in [3.63, 3.8) is 0 Å². The Labute approximate surface area is 197 Å². The third-order valence-corrected chi connectivity index (χ3v) is 4.83. The Morgan fingerprint density at radius 3 is 2.44 bits per heavy atom. The summed E-state index contributed by atoms with van der Waals surface area (Å²) in [6, 6.07) is 19.2. The van der Waals surface area contributed by atoms with E-state index in [9.17, 15) is 14.0 Å². The first kappa shape index (κ1) is 24.4. The summed E-state index contributed by atoms with van der Waals surface area (Å²) in [7, 11) is 1.54. The molecule has 0 atom stereocenters.